The zero-order valence-corrected chi connectivity index (χ0v) is 15.4. The van der Waals surface area contributed by atoms with Crippen LogP contribution in [0.15, 0.2) is 18.2 Å². The highest BCUT2D eigenvalue weighted by atomic mass is 16.5. The van der Waals surface area contributed by atoms with Crippen LogP contribution in [0, 0.1) is 11.8 Å². The summed E-state index contributed by atoms with van der Waals surface area (Å²) < 4.78 is 10.4. The van der Waals surface area contributed by atoms with Gasteiger partial charge < -0.3 is 25.2 Å². The lowest BCUT2D eigenvalue weighted by molar-refractivity contribution is -0.122. The summed E-state index contributed by atoms with van der Waals surface area (Å²) in [7, 11) is 3.13. The van der Waals surface area contributed by atoms with Crippen LogP contribution in [-0.2, 0) is 4.79 Å². The summed E-state index contributed by atoms with van der Waals surface area (Å²) in [4.78, 5) is 12.2. The highest BCUT2D eigenvalue weighted by Gasteiger charge is 2.22. The lowest BCUT2D eigenvalue weighted by Crippen LogP contribution is -2.36. The Hall–Kier alpha value is -1.79. The predicted octanol–water partition coefficient (Wildman–Crippen LogP) is 1.88. The van der Waals surface area contributed by atoms with E-state index >= 15 is 0 Å². The number of ether oxygens (including phenoxy) is 2. The van der Waals surface area contributed by atoms with Gasteiger partial charge in [0.15, 0.2) is 0 Å². The maximum absolute atomic E-state index is 12.2. The van der Waals surface area contributed by atoms with Gasteiger partial charge in [0.2, 0.25) is 5.91 Å². The van der Waals surface area contributed by atoms with Crippen molar-refractivity contribution < 1.29 is 19.4 Å². The van der Waals surface area contributed by atoms with E-state index in [-0.39, 0.29) is 12.5 Å². The van der Waals surface area contributed by atoms with Crippen molar-refractivity contribution in [1.82, 2.24) is 10.6 Å². The van der Waals surface area contributed by atoms with Crippen LogP contribution in [0.4, 0.5) is 0 Å². The van der Waals surface area contributed by atoms with Crippen molar-refractivity contribution in [2.24, 2.45) is 11.8 Å². The molecule has 3 unspecified atom stereocenters. The molecule has 2 rings (SSSR count). The zero-order valence-electron chi connectivity index (χ0n) is 15.4. The lowest BCUT2D eigenvalue weighted by atomic mass is 9.85. The second-order valence-corrected chi connectivity index (χ2v) is 6.75. The average Bonchev–Trinajstić information content (AvgIpc) is 2.66. The molecule has 0 bridgehead atoms. The molecule has 1 aliphatic rings. The summed E-state index contributed by atoms with van der Waals surface area (Å²) in [5, 5.41) is 16.6. The number of hydrogen-bond acceptors (Lipinski definition) is 5. The van der Waals surface area contributed by atoms with Gasteiger partial charge >= 0.3 is 0 Å². The SMILES string of the molecule is COc1cc(OC)cc(C(O)CNC(=O)CC(C)C2CCCNC2)c1. The Morgan fingerprint density at radius 1 is 1.32 bits per heavy atom. The molecule has 1 aromatic rings. The van der Waals surface area contributed by atoms with E-state index < -0.39 is 6.10 Å². The third-order valence-corrected chi connectivity index (χ3v) is 4.90. The van der Waals surface area contributed by atoms with Gasteiger partial charge in [0.1, 0.15) is 11.5 Å². The van der Waals surface area contributed by atoms with Crippen molar-refractivity contribution in [1.29, 1.82) is 0 Å². The number of rotatable bonds is 8. The molecule has 140 valence electrons. The van der Waals surface area contributed by atoms with Crippen LogP contribution in [0.2, 0.25) is 0 Å². The first-order valence-electron chi connectivity index (χ1n) is 8.92. The van der Waals surface area contributed by atoms with Gasteiger partial charge in [-0.05, 0) is 55.5 Å². The van der Waals surface area contributed by atoms with Gasteiger partial charge in [-0.15, -0.1) is 0 Å². The van der Waals surface area contributed by atoms with E-state index in [1.165, 1.54) is 12.8 Å². The van der Waals surface area contributed by atoms with E-state index in [0.29, 0.717) is 35.3 Å². The predicted molar refractivity (Wildman–Crippen MR) is 96.9 cm³/mol. The number of amides is 1. The van der Waals surface area contributed by atoms with Crippen LogP contribution in [-0.4, -0.2) is 44.9 Å². The third-order valence-electron chi connectivity index (χ3n) is 4.90. The smallest absolute Gasteiger partial charge is 0.220 e. The summed E-state index contributed by atoms with van der Waals surface area (Å²) in [6.07, 6.45) is 2.03. The first-order valence-corrected chi connectivity index (χ1v) is 8.92. The Kier molecular flexibility index (Phi) is 7.52. The summed E-state index contributed by atoms with van der Waals surface area (Å²) in [5.41, 5.74) is 0.654. The molecule has 3 atom stereocenters. The topological polar surface area (TPSA) is 79.8 Å². The molecule has 1 fully saturated rings. The van der Waals surface area contributed by atoms with Crippen molar-refractivity contribution >= 4 is 5.91 Å². The highest BCUT2D eigenvalue weighted by molar-refractivity contribution is 5.76. The number of piperidine rings is 1. The monoisotopic (exact) mass is 350 g/mol. The Morgan fingerprint density at radius 2 is 2.00 bits per heavy atom. The van der Waals surface area contributed by atoms with Crippen LogP contribution < -0.4 is 20.1 Å². The zero-order chi connectivity index (χ0) is 18.2. The maximum atomic E-state index is 12.2. The number of carbonyl (C=O) groups is 1. The molecule has 1 aromatic carbocycles. The van der Waals surface area contributed by atoms with E-state index in [1.54, 1.807) is 32.4 Å². The first-order chi connectivity index (χ1) is 12.0. The number of methoxy groups -OCH3 is 2. The Balaban J connectivity index is 1.84. The van der Waals surface area contributed by atoms with Crippen molar-refractivity contribution in [3.63, 3.8) is 0 Å². The number of benzene rings is 1. The minimum Gasteiger partial charge on any atom is -0.497 e. The second-order valence-electron chi connectivity index (χ2n) is 6.75. The molecule has 0 saturated carbocycles. The fourth-order valence-corrected chi connectivity index (χ4v) is 3.25. The molecule has 3 N–H and O–H groups in total. The summed E-state index contributed by atoms with van der Waals surface area (Å²) in [5.74, 6) is 2.08. The van der Waals surface area contributed by atoms with Gasteiger partial charge in [0, 0.05) is 19.0 Å². The normalized spacial score (nSPS) is 19.8. The largest absolute Gasteiger partial charge is 0.497 e. The van der Waals surface area contributed by atoms with E-state index in [0.717, 1.165) is 13.1 Å². The van der Waals surface area contributed by atoms with Gasteiger partial charge in [0.05, 0.1) is 20.3 Å². The van der Waals surface area contributed by atoms with Gasteiger partial charge in [0.25, 0.3) is 0 Å². The van der Waals surface area contributed by atoms with Crippen molar-refractivity contribution in [3.8, 4) is 11.5 Å². The Morgan fingerprint density at radius 3 is 2.56 bits per heavy atom. The molecule has 1 saturated heterocycles. The van der Waals surface area contributed by atoms with Crippen molar-refractivity contribution in [2.75, 3.05) is 33.9 Å². The Labute approximate surface area is 149 Å². The van der Waals surface area contributed by atoms with Crippen LogP contribution >= 0.6 is 0 Å². The first kappa shape index (κ1) is 19.5. The molecular weight excluding hydrogens is 320 g/mol. The van der Waals surface area contributed by atoms with E-state index in [2.05, 4.69) is 17.6 Å². The summed E-state index contributed by atoms with van der Waals surface area (Å²) in [6.45, 7) is 4.36. The molecule has 0 aromatic heterocycles. The van der Waals surface area contributed by atoms with Gasteiger partial charge in [-0.3, -0.25) is 4.79 Å². The summed E-state index contributed by atoms with van der Waals surface area (Å²) in [6, 6.07) is 5.24. The average molecular weight is 350 g/mol. The third kappa shape index (κ3) is 5.90. The lowest BCUT2D eigenvalue weighted by Gasteiger charge is -2.28. The molecule has 1 aliphatic heterocycles. The van der Waals surface area contributed by atoms with Gasteiger partial charge in [-0.2, -0.15) is 0 Å². The van der Waals surface area contributed by atoms with E-state index in [4.69, 9.17) is 9.47 Å². The minimum absolute atomic E-state index is 0.0213. The number of aliphatic hydroxyl groups is 1. The molecule has 1 heterocycles. The molecule has 0 radical (unpaired) electrons. The van der Waals surface area contributed by atoms with Crippen molar-refractivity contribution in [2.45, 2.75) is 32.3 Å². The minimum atomic E-state index is -0.806. The number of hydrogen-bond donors (Lipinski definition) is 3. The van der Waals surface area contributed by atoms with Crippen LogP contribution in [0.3, 0.4) is 0 Å². The molecule has 25 heavy (non-hydrogen) atoms. The van der Waals surface area contributed by atoms with Crippen LogP contribution in [0.5, 0.6) is 11.5 Å². The molecule has 6 heteroatoms. The second kappa shape index (κ2) is 9.63. The standard InChI is InChI=1S/C19H30N2O4/c1-13(14-5-4-6-20-11-14)7-19(23)21-12-18(22)15-8-16(24-2)10-17(9-15)25-3/h8-10,13-14,18,20,22H,4-7,11-12H2,1-3H3,(H,21,23). The van der Waals surface area contributed by atoms with Gasteiger partial charge in [-0.25, -0.2) is 0 Å². The van der Waals surface area contributed by atoms with Crippen LogP contribution in [0.25, 0.3) is 0 Å². The Bertz CT molecular complexity index is 536. The molecule has 1 amide bonds. The van der Waals surface area contributed by atoms with Crippen LogP contribution in [0.1, 0.15) is 37.9 Å². The van der Waals surface area contributed by atoms with E-state index in [9.17, 15) is 9.90 Å². The summed E-state index contributed by atoms with van der Waals surface area (Å²) >= 11 is 0. The molecule has 0 aliphatic carbocycles. The quantitative estimate of drug-likeness (QED) is 0.667. The fraction of sp³-hybridized carbons (Fsp3) is 0.632. The molecule has 0 spiro atoms. The number of nitrogens with one attached hydrogen (secondary N) is 2. The maximum Gasteiger partial charge on any atom is 0.220 e. The van der Waals surface area contributed by atoms with E-state index in [1.807, 2.05) is 0 Å². The molecular formula is C19H30N2O4. The number of aliphatic hydroxyl groups excluding tert-OH is 1. The van der Waals surface area contributed by atoms with Gasteiger partial charge in [-0.1, -0.05) is 6.92 Å². The fourth-order valence-electron chi connectivity index (χ4n) is 3.25. The highest BCUT2D eigenvalue weighted by Crippen LogP contribution is 2.26. The number of carbonyl (C=O) groups excluding carboxylic acids is 1. The molecule has 6 nitrogen and oxygen atoms in total. The van der Waals surface area contributed by atoms with Crippen molar-refractivity contribution in [3.05, 3.63) is 23.8 Å².